The van der Waals surface area contributed by atoms with Crippen molar-refractivity contribution < 1.29 is 9.13 Å². The molecular formula is C23H22FNO. The van der Waals surface area contributed by atoms with Gasteiger partial charge in [-0.15, -0.1) is 0 Å². The van der Waals surface area contributed by atoms with Crippen LogP contribution in [-0.4, -0.2) is 12.1 Å². The molecule has 0 spiro atoms. The van der Waals surface area contributed by atoms with Crippen molar-refractivity contribution in [1.29, 1.82) is 0 Å². The zero-order valence-electron chi connectivity index (χ0n) is 15.4. The zero-order valence-corrected chi connectivity index (χ0v) is 15.4. The van der Waals surface area contributed by atoms with Crippen LogP contribution in [0.5, 0.6) is 5.75 Å². The number of benzene rings is 2. The van der Waals surface area contributed by atoms with Crippen LogP contribution in [0, 0.1) is 5.82 Å². The maximum Gasteiger partial charge on any atom is 0.134 e. The van der Waals surface area contributed by atoms with Gasteiger partial charge in [-0.25, -0.2) is 4.39 Å². The van der Waals surface area contributed by atoms with Crippen molar-refractivity contribution in [1.82, 2.24) is 4.98 Å². The van der Waals surface area contributed by atoms with E-state index >= 15 is 4.39 Å². The van der Waals surface area contributed by atoms with Gasteiger partial charge in [0.05, 0.1) is 12.8 Å². The first-order valence-electron chi connectivity index (χ1n) is 9.14. The first-order chi connectivity index (χ1) is 12.7. The summed E-state index contributed by atoms with van der Waals surface area (Å²) in [6, 6.07) is 13.5. The van der Waals surface area contributed by atoms with E-state index in [1.165, 1.54) is 17.2 Å². The predicted molar refractivity (Wildman–Crippen MR) is 103 cm³/mol. The molecule has 0 saturated carbocycles. The molecule has 0 fully saturated rings. The third kappa shape index (κ3) is 2.50. The second-order valence-corrected chi connectivity index (χ2v) is 6.62. The molecule has 0 atom stereocenters. The summed E-state index contributed by atoms with van der Waals surface area (Å²) in [6.45, 7) is 4.23. The second kappa shape index (κ2) is 6.56. The summed E-state index contributed by atoms with van der Waals surface area (Å²) in [6.07, 6.45) is 2.48. The van der Waals surface area contributed by atoms with Crippen LogP contribution in [0.2, 0.25) is 0 Å². The third-order valence-corrected chi connectivity index (χ3v) is 5.24. The summed E-state index contributed by atoms with van der Waals surface area (Å²) >= 11 is 0. The predicted octanol–water partition coefficient (Wildman–Crippen LogP) is 5.59. The minimum Gasteiger partial charge on any atom is -0.497 e. The summed E-state index contributed by atoms with van der Waals surface area (Å²) < 4.78 is 20.2. The van der Waals surface area contributed by atoms with E-state index in [1.54, 1.807) is 7.11 Å². The standard InChI is InChI=1S/C23H22FNO/c1-4-16-20(5-2)25-21-12-14-8-6-7-9-17(14)23(21)22(16)18-11-10-15(26-3)13-19(18)24/h6-11,13H,4-5,12H2,1-3H3. The van der Waals surface area contributed by atoms with Crippen LogP contribution < -0.4 is 4.74 Å². The highest BCUT2D eigenvalue weighted by atomic mass is 19.1. The molecule has 3 heteroatoms. The molecule has 0 bridgehead atoms. The van der Waals surface area contributed by atoms with E-state index < -0.39 is 0 Å². The van der Waals surface area contributed by atoms with E-state index in [2.05, 4.69) is 32.0 Å². The molecule has 0 aliphatic heterocycles. The Kier molecular flexibility index (Phi) is 4.23. The van der Waals surface area contributed by atoms with Crippen molar-refractivity contribution in [3.8, 4) is 28.0 Å². The van der Waals surface area contributed by atoms with Crippen LogP contribution in [0.3, 0.4) is 0 Å². The summed E-state index contributed by atoms with van der Waals surface area (Å²) in [5.41, 5.74) is 8.45. The topological polar surface area (TPSA) is 22.1 Å². The number of hydrogen-bond acceptors (Lipinski definition) is 2. The van der Waals surface area contributed by atoms with Gasteiger partial charge in [0.2, 0.25) is 0 Å². The van der Waals surface area contributed by atoms with Crippen molar-refractivity contribution in [3.05, 3.63) is 70.8 Å². The molecule has 2 nitrogen and oxygen atoms in total. The average molecular weight is 347 g/mol. The Hall–Kier alpha value is -2.68. The Bertz CT molecular complexity index is 994. The van der Waals surface area contributed by atoms with Gasteiger partial charge in [0.25, 0.3) is 0 Å². The zero-order chi connectivity index (χ0) is 18.3. The summed E-state index contributed by atoms with van der Waals surface area (Å²) in [4.78, 5) is 4.96. The Balaban J connectivity index is 2.07. The fraction of sp³-hybridized carbons (Fsp3) is 0.261. The van der Waals surface area contributed by atoms with E-state index in [4.69, 9.17) is 9.72 Å². The van der Waals surface area contributed by atoms with E-state index in [-0.39, 0.29) is 5.82 Å². The highest BCUT2D eigenvalue weighted by Gasteiger charge is 2.28. The van der Waals surface area contributed by atoms with Gasteiger partial charge >= 0.3 is 0 Å². The maximum absolute atomic E-state index is 15.0. The monoisotopic (exact) mass is 347 g/mol. The lowest BCUT2D eigenvalue weighted by atomic mass is 9.89. The van der Waals surface area contributed by atoms with Crippen molar-refractivity contribution >= 4 is 0 Å². The molecule has 0 unspecified atom stereocenters. The van der Waals surface area contributed by atoms with Crippen molar-refractivity contribution in [2.75, 3.05) is 7.11 Å². The lowest BCUT2D eigenvalue weighted by Gasteiger charge is -2.19. The molecule has 1 aliphatic carbocycles. The lowest BCUT2D eigenvalue weighted by molar-refractivity contribution is 0.411. The van der Waals surface area contributed by atoms with Crippen LogP contribution in [0.4, 0.5) is 4.39 Å². The maximum atomic E-state index is 15.0. The van der Waals surface area contributed by atoms with Crippen molar-refractivity contribution in [2.24, 2.45) is 0 Å². The number of ether oxygens (including phenoxy) is 1. The fourth-order valence-corrected chi connectivity index (χ4v) is 4.04. The molecule has 0 N–H and O–H groups in total. The Morgan fingerprint density at radius 3 is 2.50 bits per heavy atom. The first kappa shape index (κ1) is 16.8. The molecule has 2 aromatic carbocycles. The molecule has 0 radical (unpaired) electrons. The number of hydrogen-bond donors (Lipinski definition) is 0. The van der Waals surface area contributed by atoms with E-state index in [9.17, 15) is 0 Å². The van der Waals surface area contributed by atoms with Gasteiger partial charge in [-0.1, -0.05) is 38.1 Å². The van der Waals surface area contributed by atoms with Crippen LogP contribution in [0.15, 0.2) is 42.5 Å². The van der Waals surface area contributed by atoms with Crippen LogP contribution >= 0.6 is 0 Å². The molecule has 1 aliphatic rings. The van der Waals surface area contributed by atoms with Crippen molar-refractivity contribution in [2.45, 2.75) is 33.1 Å². The van der Waals surface area contributed by atoms with E-state index in [1.807, 2.05) is 18.2 Å². The van der Waals surface area contributed by atoms with Gasteiger partial charge in [0, 0.05) is 29.3 Å². The van der Waals surface area contributed by atoms with Crippen molar-refractivity contribution in [3.63, 3.8) is 0 Å². The summed E-state index contributed by atoms with van der Waals surface area (Å²) in [5.74, 6) is 0.282. The number of methoxy groups -OCH3 is 1. The van der Waals surface area contributed by atoms with Gasteiger partial charge in [-0.05, 0) is 47.2 Å². The molecular weight excluding hydrogens is 325 g/mol. The van der Waals surface area contributed by atoms with Gasteiger partial charge in [0.1, 0.15) is 11.6 Å². The summed E-state index contributed by atoms with van der Waals surface area (Å²) in [7, 11) is 1.56. The van der Waals surface area contributed by atoms with Crippen LogP contribution in [0.1, 0.15) is 36.4 Å². The normalized spacial score (nSPS) is 12.0. The number of pyridine rings is 1. The van der Waals surface area contributed by atoms with Gasteiger partial charge in [0.15, 0.2) is 0 Å². The van der Waals surface area contributed by atoms with E-state index in [0.29, 0.717) is 11.3 Å². The molecule has 1 aromatic heterocycles. The number of aromatic nitrogens is 1. The number of rotatable bonds is 4. The fourth-order valence-electron chi connectivity index (χ4n) is 4.04. The summed E-state index contributed by atoms with van der Waals surface area (Å²) in [5, 5.41) is 0. The Morgan fingerprint density at radius 1 is 1.00 bits per heavy atom. The van der Waals surface area contributed by atoms with Gasteiger partial charge in [-0.3, -0.25) is 4.98 Å². The van der Waals surface area contributed by atoms with E-state index in [0.717, 1.165) is 47.3 Å². The minimum absolute atomic E-state index is 0.251. The molecule has 132 valence electrons. The number of fused-ring (bicyclic) bond motifs is 3. The molecule has 1 heterocycles. The quantitative estimate of drug-likeness (QED) is 0.480. The lowest BCUT2D eigenvalue weighted by Crippen LogP contribution is -2.05. The SMILES string of the molecule is CCc1nc2c(c(-c3ccc(OC)cc3F)c1CC)-c1ccccc1C2. The van der Waals surface area contributed by atoms with Gasteiger partial charge < -0.3 is 4.74 Å². The molecule has 26 heavy (non-hydrogen) atoms. The average Bonchev–Trinajstić information content (AvgIpc) is 3.04. The van der Waals surface area contributed by atoms with Gasteiger partial charge in [-0.2, -0.15) is 0 Å². The Morgan fingerprint density at radius 2 is 1.81 bits per heavy atom. The first-order valence-corrected chi connectivity index (χ1v) is 9.14. The second-order valence-electron chi connectivity index (χ2n) is 6.62. The Labute approximate surface area is 153 Å². The molecule has 0 amide bonds. The number of halogens is 1. The number of nitrogens with zero attached hydrogens (tertiary/aromatic N) is 1. The largest absolute Gasteiger partial charge is 0.497 e. The minimum atomic E-state index is -0.251. The van der Waals surface area contributed by atoms with Crippen LogP contribution in [-0.2, 0) is 19.3 Å². The molecule has 3 aromatic rings. The molecule has 4 rings (SSSR count). The highest BCUT2D eigenvalue weighted by molar-refractivity contribution is 5.91. The smallest absolute Gasteiger partial charge is 0.134 e. The van der Waals surface area contributed by atoms with Crippen LogP contribution in [0.25, 0.3) is 22.3 Å². The highest BCUT2D eigenvalue weighted by Crippen LogP contribution is 2.45. The molecule has 0 saturated heterocycles. The number of aryl methyl sites for hydroxylation is 1. The third-order valence-electron chi connectivity index (χ3n) is 5.24.